The van der Waals surface area contributed by atoms with E-state index < -0.39 is 21.2 Å². The maximum absolute atomic E-state index is 12.7. The van der Waals surface area contributed by atoms with Crippen LogP contribution in [0.15, 0.2) is 52.5 Å². The molecule has 3 aromatic rings. The lowest BCUT2D eigenvalue weighted by atomic mass is 10.2. The topological polar surface area (TPSA) is 107 Å². The molecule has 0 bridgehead atoms. The summed E-state index contributed by atoms with van der Waals surface area (Å²) in [5.41, 5.74) is 6.80. The molecule has 1 amide bonds. The number of H-pyrrole nitrogens is 1. The Labute approximate surface area is 151 Å². The second-order valence-electron chi connectivity index (χ2n) is 5.66. The molecule has 1 aromatic heterocycles. The first-order valence-electron chi connectivity index (χ1n) is 7.70. The highest BCUT2D eigenvalue weighted by molar-refractivity contribution is 8.44. The Balaban J connectivity index is 2.22. The average molecular weight is 373 g/mol. The number of para-hydroxylation sites is 1. The van der Waals surface area contributed by atoms with E-state index in [4.69, 9.17) is 15.2 Å². The summed E-state index contributed by atoms with van der Waals surface area (Å²) in [5, 5.41) is 0.0422. The molecule has 0 radical (unpaired) electrons. The first-order valence-corrected chi connectivity index (χ1v) is 9.75. The number of aromatic nitrogens is 2. The van der Waals surface area contributed by atoms with E-state index in [0.29, 0.717) is 27.5 Å². The van der Waals surface area contributed by atoms with E-state index >= 15 is 0 Å². The number of carbonyl (C=O) groups is 2. The molecule has 0 saturated carbocycles. The van der Waals surface area contributed by atoms with Crippen molar-refractivity contribution in [2.24, 2.45) is 5.73 Å². The van der Waals surface area contributed by atoms with Crippen LogP contribution in [0, 0.1) is 0 Å². The molecular weight excluding hydrogens is 354 g/mol. The number of aromatic amines is 1. The number of carbonyl (C=O) groups excluding carboxylic acids is 2. The van der Waals surface area contributed by atoms with Crippen molar-refractivity contribution in [3.8, 4) is 5.75 Å². The van der Waals surface area contributed by atoms with Crippen LogP contribution in [0.2, 0.25) is 0 Å². The molecule has 26 heavy (non-hydrogen) atoms. The summed E-state index contributed by atoms with van der Waals surface area (Å²) in [5.74, 6) is 0.105. The fourth-order valence-corrected chi connectivity index (χ4v) is 4.88. The smallest absolute Gasteiger partial charge is 0.360 e. The number of rotatable bonds is 4. The normalized spacial score (nSPS) is 14.4. The second kappa shape index (κ2) is 6.72. The Morgan fingerprint density at radius 2 is 1.81 bits per heavy atom. The lowest BCUT2D eigenvalue weighted by Crippen LogP contribution is -2.14. The van der Waals surface area contributed by atoms with Gasteiger partial charge in [-0.25, -0.2) is 9.78 Å². The summed E-state index contributed by atoms with van der Waals surface area (Å²) in [7, 11) is 0.627. The standard InChI is InChI=1S/C18H19N3O4S/c1-24-11-7-9-12(10-8-11)26(3,18(23)25-2)17-20-14-6-4-5-13(16(19)22)15(14)21-17/h4-10H,1-3H3,(H2,19,22)(H,20,21). The minimum absolute atomic E-state index is 0.298. The monoisotopic (exact) mass is 373 g/mol. The molecule has 0 fully saturated rings. The van der Waals surface area contributed by atoms with Crippen molar-refractivity contribution >= 4 is 32.3 Å². The Bertz CT molecular complexity index is 984. The van der Waals surface area contributed by atoms with Crippen molar-refractivity contribution in [1.82, 2.24) is 9.97 Å². The van der Waals surface area contributed by atoms with E-state index in [1.165, 1.54) is 7.11 Å². The van der Waals surface area contributed by atoms with Gasteiger partial charge in [-0.1, -0.05) is 16.1 Å². The van der Waals surface area contributed by atoms with Gasteiger partial charge in [0.1, 0.15) is 11.3 Å². The van der Waals surface area contributed by atoms with Gasteiger partial charge in [0.15, 0.2) is 5.16 Å². The van der Waals surface area contributed by atoms with E-state index in [1.54, 1.807) is 43.7 Å². The fraction of sp³-hybridized carbons (Fsp3) is 0.167. The first-order chi connectivity index (χ1) is 12.4. The number of nitrogens with two attached hydrogens (primary N) is 1. The molecule has 0 aliphatic carbocycles. The molecule has 1 heterocycles. The van der Waals surface area contributed by atoms with E-state index in [9.17, 15) is 9.59 Å². The van der Waals surface area contributed by atoms with E-state index in [2.05, 4.69) is 9.97 Å². The van der Waals surface area contributed by atoms with Crippen LogP contribution >= 0.6 is 10.0 Å². The quantitative estimate of drug-likeness (QED) is 0.682. The molecule has 1 atom stereocenters. The number of nitrogens with one attached hydrogen (secondary N) is 1. The van der Waals surface area contributed by atoms with Crippen LogP contribution in [0.3, 0.4) is 0 Å². The van der Waals surface area contributed by atoms with Crippen LogP contribution in [-0.4, -0.2) is 41.7 Å². The molecule has 3 N–H and O–H groups in total. The predicted molar refractivity (Wildman–Crippen MR) is 100 cm³/mol. The minimum Gasteiger partial charge on any atom is -0.497 e. The molecule has 136 valence electrons. The molecule has 0 spiro atoms. The van der Waals surface area contributed by atoms with Crippen molar-refractivity contribution in [3.63, 3.8) is 0 Å². The largest absolute Gasteiger partial charge is 0.497 e. The zero-order valence-electron chi connectivity index (χ0n) is 14.6. The summed E-state index contributed by atoms with van der Waals surface area (Å²) < 4.78 is 10.3. The van der Waals surface area contributed by atoms with E-state index in [-0.39, 0.29) is 0 Å². The Morgan fingerprint density at radius 1 is 1.12 bits per heavy atom. The molecule has 2 aromatic carbocycles. The third kappa shape index (κ3) is 2.78. The molecule has 3 rings (SSSR count). The maximum Gasteiger partial charge on any atom is 0.360 e. The van der Waals surface area contributed by atoms with Crippen molar-refractivity contribution in [2.45, 2.75) is 10.1 Å². The number of imidazole rings is 1. The number of amides is 1. The zero-order valence-corrected chi connectivity index (χ0v) is 15.4. The lowest BCUT2D eigenvalue weighted by molar-refractivity contribution is 0.100. The van der Waals surface area contributed by atoms with Crippen LogP contribution in [0.5, 0.6) is 5.75 Å². The van der Waals surface area contributed by atoms with Crippen LogP contribution < -0.4 is 10.5 Å². The van der Waals surface area contributed by atoms with Gasteiger partial charge in [0.05, 0.1) is 25.3 Å². The van der Waals surface area contributed by atoms with Gasteiger partial charge >= 0.3 is 5.30 Å². The van der Waals surface area contributed by atoms with Crippen LogP contribution in [0.4, 0.5) is 4.79 Å². The van der Waals surface area contributed by atoms with Crippen molar-refractivity contribution in [1.29, 1.82) is 0 Å². The summed E-state index contributed by atoms with van der Waals surface area (Å²) in [6.45, 7) is 0. The van der Waals surface area contributed by atoms with Gasteiger partial charge in [-0.2, -0.15) is 0 Å². The number of ether oxygens (including phenoxy) is 2. The van der Waals surface area contributed by atoms with Gasteiger partial charge in [-0.15, -0.1) is 0 Å². The van der Waals surface area contributed by atoms with Gasteiger partial charge in [0.2, 0.25) is 0 Å². The fourth-order valence-electron chi connectivity index (χ4n) is 2.70. The molecular formula is C18H19N3O4S. The van der Waals surface area contributed by atoms with Crippen LogP contribution in [-0.2, 0) is 4.74 Å². The summed E-state index contributed by atoms with van der Waals surface area (Å²) in [6, 6.07) is 12.3. The van der Waals surface area contributed by atoms with Crippen LogP contribution in [0.1, 0.15) is 10.4 Å². The highest BCUT2D eigenvalue weighted by Crippen LogP contribution is 2.60. The number of methoxy groups -OCH3 is 2. The Hall–Kier alpha value is -3.00. The molecule has 7 nitrogen and oxygen atoms in total. The SMILES string of the molecule is COC(=O)S(C)(c1ccc(OC)cc1)c1nc2c(C(N)=O)cccc2[nH]1. The number of hydrogen-bond acceptors (Lipinski definition) is 5. The number of nitrogens with zero attached hydrogens (tertiary/aromatic N) is 1. The van der Waals surface area contributed by atoms with Crippen molar-refractivity contribution < 1.29 is 19.1 Å². The highest BCUT2D eigenvalue weighted by atomic mass is 32.3. The van der Waals surface area contributed by atoms with Gasteiger partial charge in [0.25, 0.3) is 5.91 Å². The lowest BCUT2D eigenvalue weighted by Gasteiger charge is -2.30. The van der Waals surface area contributed by atoms with Crippen LogP contribution in [0.25, 0.3) is 11.0 Å². The molecule has 1 unspecified atom stereocenters. The predicted octanol–water partition coefficient (Wildman–Crippen LogP) is 3.29. The minimum atomic E-state index is -2.29. The summed E-state index contributed by atoms with van der Waals surface area (Å²) >= 11 is 0. The Kier molecular flexibility index (Phi) is 4.60. The maximum atomic E-state index is 12.7. The Morgan fingerprint density at radius 3 is 2.38 bits per heavy atom. The first kappa shape index (κ1) is 17.8. The van der Waals surface area contributed by atoms with E-state index in [0.717, 1.165) is 4.90 Å². The summed E-state index contributed by atoms with van der Waals surface area (Å²) in [6.07, 6.45) is 1.79. The zero-order chi connectivity index (χ0) is 18.9. The van der Waals surface area contributed by atoms with E-state index in [1.807, 2.05) is 12.1 Å². The van der Waals surface area contributed by atoms with Gasteiger partial charge < -0.3 is 20.2 Å². The summed E-state index contributed by atoms with van der Waals surface area (Å²) in [4.78, 5) is 32.8. The van der Waals surface area contributed by atoms with Crippen molar-refractivity contribution in [3.05, 3.63) is 48.0 Å². The second-order valence-corrected chi connectivity index (χ2v) is 8.68. The van der Waals surface area contributed by atoms with Gasteiger partial charge in [-0.05, 0) is 42.7 Å². The third-order valence-corrected chi connectivity index (χ3v) is 7.19. The molecule has 0 saturated heterocycles. The number of primary amides is 1. The number of fused-ring (bicyclic) bond motifs is 1. The highest BCUT2D eigenvalue weighted by Gasteiger charge is 2.36. The average Bonchev–Trinajstić information content (AvgIpc) is 3.11. The van der Waals surface area contributed by atoms with Crippen molar-refractivity contribution in [2.75, 3.05) is 20.5 Å². The molecule has 0 aliphatic rings. The van der Waals surface area contributed by atoms with Gasteiger partial charge in [0, 0.05) is 4.90 Å². The number of hydrogen-bond donors (Lipinski definition) is 2. The van der Waals surface area contributed by atoms with Gasteiger partial charge in [-0.3, -0.25) is 4.79 Å². The third-order valence-electron chi connectivity index (χ3n) is 4.17. The molecule has 0 aliphatic heterocycles. The molecule has 8 heteroatoms. The number of benzene rings is 2.